The van der Waals surface area contributed by atoms with Gasteiger partial charge in [0.25, 0.3) is 0 Å². The highest BCUT2D eigenvalue weighted by Crippen LogP contribution is 2.14. The van der Waals surface area contributed by atoms with E-state index in [9.17, 15) is 0 Å². The Morgan fingerprint density at radius 1 is 1.31 bits per heavy atom. The Balaban J connectivity index is 2.37. The van der Waals surface area contributed by atoms with Crippen molar-refractivity contribution in [2.75, 3.05) is 31.1 Å². The summed E-state index contributed by atoms with van der Waals surface area (Å²) in [5, 5.41) is 3.68. The smallest absolute Gasteiger partial charge is 0.0221 e. The predicted molar refractivity (Wildman–Crippen MR) is 75.3 cm³/mol. The summed E-state index contributed by atoms with van der Waals surface area (Å²) >= 11 is 2.07. The van der Waals surface area contributed by atoms with Gasteiger partial charge in [-0.3, -0.25) is 4.90 Å². The second kappa shape index (κ2) is 8.37. The SMILES string of the molecule is CCCC1CNC(CC)CN1CCSCC. The van der Waals surface area contributed by atoms with E-state index in [1.54, 1.807) is 0 Å². The molecule has 0 aromatic carbocycles. The lowest BCUT2D eigenvalue weighted by molar-refractivity contribution is 0.129. The average Bonchev–Trinajstić information content (AvgIpc) is 2.31. The fourth-order valence-electron chi connectivity index (χ4n) is 2.42. The number of hydrogen-bond donors (Lipinski definition) is 1. The molecule has 0 radical (unpaired) electrons. The maximum absolute atomic E-state index is 3.68. The number of rotatable bonds is 7. The average molecular weight is 244 g/mol. The Bertz CT molecular complexity index is 175. The van der Waals surface area contributed by atoms with Crippen molar-refractivity contribution in [3.63, 3.8) is 0 Å². The van der Waals surface area contributed by atoms with Crippen molar-refractivity contribution < 1.29 is 0 Å². The van der Waals surface area contributed by atoms with Crippen molar-refractivity contribution in [3.05, 3.63) is 0 Å². The highest BCUT2D eigenvalue weighted by atomic mass is 32.2. The lowest BCUT2D eigenvalue weighted by atomic mass is 10.0. The molecule has 3 heteroatoms. The first-order valence-electron chi connectivity index (χ1n) is 6.86. The first-order chi connectivity index (χ1) is 7.81. The van der Waals surface area contributed by atoms with Crippen molar-refractivity contribution in [2.24, 2.45) is 0 Å². The third-order valence-corrected chi connectivity index (χ3v) is 4.33. The molecule has 0 aromatic heterocycles. The summed E-state index contributed by atoms with van der Waals surface area (Å²) in [5.41, 5.74) is 0. The van der Waals surface area contributed by atoms with E-state index in [1.165, 1.54) is 50.4 Å². The van der Waals surface area contributed by atoms with E-state index >= 15 is 0 Å². The Morgan fingerprint density at radius 2 is 2.12 bits per heavy atom. The second-order valence-electron chi connectivity index (χ2n) is 4.65. The Labute approximate surface area is 106 Å². The zero-order chi connectivity index (χ0) is 11.8. The minimum atomic E-state index is 0.722. The normalized spacial score (nSPS) is 27.2. The molecule has 96 valence electrons. The van der Waals surface area contributed by atoms with Crippen LogP contribution in [0, 0.1) is 0 Å². The maximum Gasteiger partial charge on any atom is 0.0221 e. The molecule has 1 saturated heterocycles. The standard InChI is InChI=1S/C13H28N2S/c1-4-7-13-10-14-12(5-2)11-15(13)8-9-16-6-3/h12-14H,4-11H2,1-3H3. The zero-order valence-corrected chi connectivity index (χ0v) is 12.0. The molecule has 16 heavy (non-hydrogen) atoms. The van der Waals surface area contributed by atoms with Crippen LogP contribution in [0.4, 0.5) is 0 Å². The molecule has 1 heterocycles. The van der Waals surface area contributed by atoms with Gasteiger partial charge in [-0.25, -0.2) is 0 Å². The van der Waals surface area contributed by atoms with Crippen LogP contribution in [-0.4, -0.2) is 48.1 Å². The largest absolute Gasteiger partial charge is 0.311 e. The van der Waals surface area contributed by atoms with Crippen LogP contribution < -0.4 is 5.32 Å². The van der Waals surface area contributed by atoms with Gasteiger partial charge in [-0.2, -0.15) is 11.8 Å². The van der Waals surface area contributed by atoms with E-state index in [2.05, 4.69) is 42.7 Å². The molecule has 0 amide bonds. The van der Waals surface area contributed by atoms with Crippen molar-refractivity contribution >= 4 is 11.8 Å². The quantitative estimate of drug-likeness (QED) is 0.693. The molecular formula is C13H28N2S. The van der Waals surface area contributed by atoms with Gasteiger partial charge in [-0.1, -0.05) is 27.2 Å². The van der Waals surface area contributed by atoms with E-state index in [0.29, 0.717) is 0 Å². The Hall–Kier alpha value is 0.270. The van der Waals surface area contributed by atoms with E-state index in [4.69, 9.17) is 0 Å². The summed E-state index contributed by atoms with van der Waals surface area (Å²) in [5.74, 6) is 2.55. The molecule has 0 saturated carbocycles. The third-order valence-electron chi connectivity index (χ3n) is 3.46. The molecule has 0 aliphatic carbocycles. The number of nitrogens with one attached hydrogen (secondary N) is 1. The highest BCUT2D eigenvalue weighted by Gasteiger charge is 2.25. The molecule has 1 fully saturated rings. The van der Waals surface area contributed by atoms with Crippen molar-refractivity contribution in [1.29, 1.82) is 0 Å². The summed E-state index contributed by atoms with van der Waals surface area (Å²) in [6, 6.07) is 1.50. The monoisotopic (exact) mass is 244 g/mol. The van der Waals surface area contributed by atoms with Crippen LogP contribution in [0.15, 0.2) is 0 Å². The molecule has 1 aliphatic rings. The molecule has 1 rings (SSSR count). The fraction of sp³-hybridized carbons (Fsp3) is 1.00. The number of piperazine rings is 1. The number of nitrogens with zero attached hydrogens (tertiary/aromatic N) is 1. The molecule has 0 aromatic rings. The Kier molecular flexibility index (Phi) is 7.50. The topological polar surface area (TPSA) is 15.3 Å². The molecule has 0 bridgehead atoms. The van der Waals surface area contributed by atoms with Crippen LogP contribution in [0.5, 0.6) is 0 Å². The molecule has 1 aliphatic heterocycles. The van der Waals surface area contributed by atoms with Crippen LogP contribution in [0.25, 0.3) is 0 Å². The molecule has 2 unspecified atom stereocenters. The van der Waals surface area contributed by atoms with Crippen LogP contribution in [0.1, 0.15) is 40.0 Å². The van der Waals surface area contributed by atoms with Crippen molar-refractivity contribution in [3.8, 4) is 0 Å². The lowest BCUT2D eigenvalue weighted by Gasteiger charge is -2.40. The van der Waals surface area contributed by atoms with Gasteiger partial charge in [0.05, 0.1) is 0 Å². The number of thioether (sulfide) groups is 1. The van der Waals surface area contributed by atoms with Gasteiger partial charge >= 0.3 is 0 Å². The summed E-state index contributed by atoms with van der Waals surface area (Å²) in [6.45, 7) is 10.6. The van der Waals surface area contributed by atoms with Crippen LogP contribution in [-0.2, 0) is 0 Å². The minimum absolute atomic E-state index is 0.722. The van der Waals surface area contributed by atoms with E-state index in [1.807, 2.05) is 0 Å². The van der Waals surface area contributed by atoms with Gasteiger partial charge < -0.3 is 5.32 Å². The van der Waals surface area contributed by atoms with E-state index in [0.717, 1.165) is 12.1 Å². The second-order valence-corrected chi connectivity index (χ2v) is 6.04. The number of hydrogen-bond acceptors (Lipinski definition) is 3. The first kappa shape index (κ1) is 14.3. The Morgan fingerprint density at radius 3 is 2.75 bits per heavy atom. The van der Waals surface area contributed by atoms with E-state index < -0.39 is 0 Å². The summed E-state index contributed by atoms with van der Waals surface area (Å²) in [7, 11) is 0. The highest BCUT2D eigenvalue weighted by molar-refractivity contribution is 7.99. The minimum Gasteiger partial charge on any atom is -0.311 e. The van der Waals surface area contributed by atoms with Gasteiger partial charge in [-0.05, 0) is 18.6 Å². The molecule has 0 spiro atoms. The summed E-state index contributed by atoms with van der Waals surface area (Å²) < 4.78 is 0. The fourth-order valence-corrected chi connectivity index (χ4v) is 3.07. The molecule has 2 nitrogen and oxygen atoms in total. The first-order valence-corrected chi connectivity index (χ1v) is 8.02. The van der Waals surface area contributed by atoms with Crippen LogP contribution >= 0.6 is 11.8 Å². The summed E-state index contributed by atoms with van der Waals surface area (Å²) in [4.78, 5) is 2.72. The van der Waals surface area contributed by atoms with E-state index in [-0.39, 0.29) is 0 Å². The maximum atomic E-state index is 3.68. The molecular weight excluding hydrogens is 216 g/mol. The van der Waals surface area contributed by atoms with Gasteiger partial charge in [0.15, 0.2) is 0 Å². The van der Waals surface area contributed by atoms with Gasteiger partial charge in [-0.15, -0.1) is 0 Å². The van der Waals surface area contributed by atoms with Gasteiger partial charge in [0.1, 0.15) is 0 Å². The van der Waals surface area contributed by atoms with Crippen molar-refractivity contribution in [2.45, 2.75) is 52.1 Å². The lowest BCUT2D eigenvalue weighted by Crippen LogP contribution is -2.56. The van der Waals surface area contributed by atoms with Gasteiger partial charge in [0, 0.05) is 37.5 Å². The third kappa shape index (κ3) is 4.64. The predicted octanol–water partition coefficient (Wildman–Crippen LogP) is 2.59. The molecule has 2 atom stereocenters. The van der Waals surface area contributed by atoms with Crippen LogP contribution in [0.3, 0.4) is 0 Å². The van der Waals surface area contributed by atoms with Crippen molar-refractivity contribution in [1.82, 2.24) is 10.2 Å². The van der Waals surface area contributed by atoms with Gasteiger partial charge in [0.2, 0.25) is 0 Å². The molecule has 1 N–H and O–H groups in total. The summed E-state index contributed by atoms with van der Waals surface area (Å²) in [6.07, 6.45) is 3.91. The van der Waals surface area contributed by atoms with Crippen LogP contribution in [0.2, 0.25) is 0 Å². The zero-order valence-electron chi connectivity index (χ0n) is 11.2.